The van der Waals surface area contributed by atoms with Crippen LogP contribution in [0.3, 0.4) is 0 Å². The van der Waals surface area contributed by atoms with Crippen LogP contribution >= 0.6 is 15.9 Å². The molecular weight excluding hydrogens is 290 g/mol. The average Bonchev–Trinajstić information content (AvgIpc) is 2.84. The van der Waals surface area contributed by atoms with Crippen molar-refractivity contribution in [3.63, 3.8) is 0 Å². The van der Waals surface area contributed by atoms with Crippen molar-refractivity contribution in [1.29, 1.82) is 0 Å². The number of fused-ring (bicyclic) bond motifs is 1. The van der Waals surface area contributed by atoms with Gasteiger partial charge in [-0.1, -0.05) is 12.1 Å². The van der Waals surface area contributed by atoms with Crippen LogP contribution in [0.15, 0.2) is 39.4 Å². The van der Waals surface area contributed by atoms with Crippen LogP contribution in [0, 0.1) is 6.92 Å². The molecule has 1 heterocycles. The van der Waals surface area contributed by atoms with Crippen molar-refractivity contribution >= 4 is 21.6 Å². The molecule has 0 amide bonds. The van der Waals surface area contributed by atoms with Crippen molar-refractivity contribution in [2.45, 2.75) is 32.2 Å². The molecule has 1 aliphatic rings. The van der Waals surface area contributed by atoms with Gasteiger partial charge >= 0.3 is 0 Å². The maximum Gasteiger partial charge on any atom is 0.109 e. The third-order valence-electron chi connectivity index (χ3n) is 3.57. The van der Waals surface area contributed by atoms with Crippen molar-refractivity contribution in [2.75, 3.05) is 5.32 Å². The number of benzene rings is 1. The first-order chi connectivity index (χ1) is 8.75. The topological polar surface area (TPSA) is 25.2 Å². The van der Waals surface area contributed by atoms with Gasteiger partial charge in [-0.25, -0.2) is 0 Å². The second-order valence-electron chi connectivity index (χ2n) is 4.82. The van der Waals surface area contributed by atoms with E-state index in [4.69, 9.17) is 4.42 Å². The minimum atomic E-state index is 0.366. The Morgan fingerprint density at radius 1 is 1.33 bits per heavy atom. The SMILES string of the molecule is Cc1cccc(NC2CCCc3occc32)c1Br. The third kappa shape index (κ3) is 2.07. The minimum Gasteiger partial charge on any atom is -0.469 e. The standard InChI is InChI=1S/C15H16BrNO/c1-10-4-2-6-13(15(10)16)17-12-5-3-7-14-11(12)8-9-18-14/h2,4,6,8-9,12,17H,3,5,7H2,1H3. The van der Waals surface area contributed by atoms with Gasteiger partial charge in [-0.05, 0) is 53.4 Å². The van der Waals surface area contributed by atoms with E-state index in [2.05, 4.69) is 52.4 Å². The van der Waals surface area contributed by atoms with Crippen LogP contribution in [0.4, 0.5) is 5.69 Å². The zero-order valence-electron chi connectivity index (χ0n) is 10.4. The quantitative estimate of drug-likeness (QED) is 0.859. The molecule has 0 saturated heterocycles. The first kappa shape index (κ1) is 11.8. The zero-order chi connectivity index (χ0) is 12.5. The van der Waals surface area contributed by atoms with Gasteiger partial charge in [-0.2, -0.15) is 0 Å². The molecule has 3 rings (SSSR count). The van der Waals surface area contributed by atoms with Gasteiger partial charge in [0.15, 0.2) is 0 Å². The molecule has 1 aromatic heterocycles. The van der Waals surface area contributed by atoms with E-state index in [1.165, 1.54) is 17.5 Å². The number of hydrogen-bond acceptors (Lipinski definition) is 2. The number of nitrogens with one attached hydrogen (secondary N) is 1. The Labute approximate surface area is 116 Å². The van der Waals surface area contributed by atoms with Crippen LogP contribution in [-0.2, 0) is 6.42 Å². The minimum absolute atomic E-state index is 0.366. The second kappa shape index (κ2) is 4.81. The molecule has 0 saturated carbocycles. The van der Waals surface area contributed by atoms with Crippen LogP contribution in [0.25, 0.3) is 0 Å². The highest BCUT2D eigenvalue weighted by Gasteiger charge is 2.22. The predicted molar refractivity (Wildman–Crippen MR) is 76.9 cm³/mol. The second-order valence-corrected chi connectivity index (χ2v) is 5.62. The van der Waals surface area contributed by atoms with Gasteiger partial charge in [0.25, 0.3) is 0 Å². The summed E-state index contributed by atoms with van der Waals surface area (Å²) in [5, 5.41) is 3.63. The van der Waals surface area contributed by atoms with E-state index < -0.39 is 0 Å². The van der Waals surface area contributed by atoms with Gasteiger partial charge < -0.3 is 9.73 Å². The molecule has 1 aliphatic carbocycles. The van der Waals surface area contributed by atoms with E-state index in [1.54, 1.807) is 6.26 Å². The summed E-state index contributed by atoms with van der Waals surface area (Å²) in [5.41, 5.74) is 3.73. The molecule has 1 aromatic carbocycles. The van der Waals surface area contributed by atoms with Crippen molar-refractivity contribution in [3.8, 4) is 0 Å². The van der Waals surface area contributed by atoms with E-state index >= 15 is 0 Å². The fourth-order valence-electron chi connectivity index (χ4n) is 2.58. The molecule has 0 radical (unpaired) electrons. The first-order valence-corrected chi connectivity index (χ1v) is 7.13. The molecule has 2 aromatic rings. The van der Waals surface area contributed by atoms with Crippen LogP contribution in [0.2, 0.25) is 0 Å². The number of anilines is 1. The van der Waals surface area contributed by atoms with Crippen LogP contribution < -0.4 is 5.32 Å². The molecule has 0 bridgehead atoms. The van der Waals surface area contributed by atoms with E-state index in [9.17, 15) is 0 Å². The molecule has 1 N–H and O–H groups in total. The predicted octanol–water partition coefficient (Wildman–Crippen LogP) is 4.84. The Hall–Kier alpha value is -1.22. The monoisotopic (exact) mass is 305 g/mol. The highest BCUT2D eigenvalue weighted by molar-refractivity contribution is 9.10. The van der Waals surface area contributed by atoms with E-state index in [0.29, 0.717) is 6.04 Å². The van der Waals surface area contributed by atoms with Gasteiger partial charge in [-0.15, -0.1) is 0 Å². The Bertz CT molecular complexity index is 561. The van der Waals surface area contributed by atoms with E-state index in [1.807, 2.05) is 0 Å². The molecule has 18 heavy (non-hydrogen) atoms. The lowest BCUT2D eigenvalue weighted by Crippen LogP contribution is -2.16. The molecule has 0 fully saturated rings. The maximum absolute atomic E-state index is 5.53. The van der Waals surface area contributed by atoms with Crippen molar-refractivity contribution in [2.24, 2.45) is 0 Å². The highest BCUT2D eigenvalue weighted by atomic mass is 79.9. The zero-order valence-corrected chi connectivity index (χ0v) is 12.0. The van der Waals surface area contributed by atoms with Crippen molar-refractivity contribution in [1.82, 2.24) is 0 Å². The highest BCUT2D eigenvalue weighted by Crippen LogP contribution is 2.35. The largest absolute Gasteiger partial charge is 0.469 e. The summed E-state index contributed by atoms with van der Waals surface area (Å²) < 4.78 is 6.68. The van der Waals surface area contributed by atoms with Crippen LogP contribution in [-0.4, -0.2) is 0 Å². The molecule has 0 spiro atoms. The molecule has 2 nitrogen and oxygen atoms in total. The Kier molecular flexibility index (Phi) is 3.16. The molecular formula is C15H16BrNO. The van der Waals surface area contributed by atoms with E-state index in [0.717, 1.165) is 28.8 Å². The number of rotatable bonds is 2. The Morgan fingerprint density at radius 3 is 3.11 bits per heavy atom. The van der Waals surface area contributed by atoms with Gasteiger partial charge in [0.05, 0.1) is 12.3 Å². The third-order valence-corrected chi connectivity index (χ3v) is 4.63. The maximum atomic E-state index is 5.53. The lowest BCUT2D eigenvalue weighted by atomic mass is 9.93. The summed E-state index contributed by atoms with van der Waals surface area (Å²) in [6.45, 7) is 2.11. The van der Waals surface area contributed by atoms with Gasteiger partial charge in [0, 0.05) is 22.1 Å². The summed E-state index contributed by atoms with van der Waals surface area (Å²) in [7, 11) is 0. The normalized spacial score (nSPS) is 18.4. The molecule has 94 valence electrons. The summed E-state index contributed by atoms with van der Waals surface area (Å²) in [5.74, 6) is 1.14. The average molecular weight is 306 g/mol. The van der Waals surface area contributed by atoms with Crippen molar-refractivity contribution in [3.05, 3.63) is 51.9 Å². The summed E-state index contributed by atoms with van der Waals surface area (Å²) in [6, 6.07) is 8.77. The van der Waals surface area contributed by atoms with Crippen LogP contribution in [0.1, 0.15) is 35.8 Å². The fraction of sp³-hybridized carbons (Fsp3) is 0.333. The van der Waals surface area contributed by atoms with Gasteiger partial charge in [0.1, 0.15) is 5.76 Å². The number of furan rings is 1. The van der Waals surface area contributed by atoms with Crippen molar-refractivity contribution < 1.29 is 4.42 Å². The Morgan fingerprint density at radius 2 is 2.22 bits per heavy atom. The molecule has 1 atom stereocenters. The fourth-order valence-corrected chi connectivity index (χ4v) is 2.96. The number of aryl methyl sites for hydroxylation is 2. The summed E-state index contributed by atoms with van der Waals surface area (Å²) in [4.78, 5) is 0. The number of hydrogen-bond donors (Lipinski definition) is 1. The Balaban J connectivity index is 1.88. The number of halogens is 1. The molecule has 0 aliphatic heterocycles. The van der Waals surface area contributed by atoms with Gasteiger partial charge in [-0.3, -0.25) is 0 Å². The smallest absolute Gasteiger partial charge is 0.109 e. The first-order valence-electron chi connectivity index (χ1n) is 6.33. The molecule has 1 unspecified atom stereocenters. The summed E-state index contributed by atoms with van der Waals surface area (Å²) in [6.07, 6.45) is 5.21. The lowest BCUT2D eigenvalue weighted by molar-refractivity contribution is 0.461. The van der Waals surface area contributed by atoms with Crippen LogP contribution in [0.5, 0.6) is 0 Å². The summed E-state index contributed by atoms with van der Waals surface area (Å²) >= 11 is 3.65. The lowest BCUT2D eigenvalue weighted by Gasteiger charge is -2.24. The molecule has 3 heteroatoms. The van der Waals surface area contributed by atoms with E-state index in [-0.39, 0.29) is 0 Å². The van der Waals surface area contributed by atoms with Gasteiger partial charge in [0.2, 0.25) is 0 Å².